The first kappa shape index (κ1) is 13.2. The minimum Gasteiger partial charge on any atom is -0.508 e. The maximum absolute atomic E-state index is 12.0. The summed E-state index contributed by atoms with van der Waals surface area (Å²) in [6, 6.07) is 4.40. The molecule has 2 unspecified atom stereocenters. The third-order valence-corrected chi connectivity index (χ3v) is 4.09. The number of nitrogens with one attached hydrogen (secondary N) is 1. The molecule has 1 aliphatic carbocycles. The number of amides is 1. The van der Waals surface area contributed by atoms with E-state index in [0.717, 1.165) is 0 Å². The van der Waals surface area contributed by atoms with Crippen LogP contribution in [-0.2, 0) is 0 Å². The van der Waals surface area contributed by atoms with Crippen molar-refractivity contribution in [1.82, 2.24) is 5.32 Å². The molecule has 2 rings (SSSR count). The molecular formula is C14H18ClNO2. The molecule has 0 heterocycles. The molecule has 98 valence electrons. The Bertz CT molecular complexity index is 447. The lowest BCUT2D eigenvalue weighted by Crippen LogP contribution is -2.30. The first-order valence-electron chi connectivity index (χ1n) is 6.34. The molecule has 3 nitrogen and oxygen atoms in total. The van der Waals surface area contributed by atoms with Gasteiger partial charge in [-0.3, -0.25) is 4.79 Å². The molecule has 1 amide bonds. The SMILES string of the molecule is CC1CCCC1CNC(=O)c1cc(O)ccc1Cl. The van der Waals surface area contributed by atoms with Gasteiger partial charge in [0.05, 0.1) is 10.6 Å². The molecule has 2 atom stereocenters. The summed E-state index contributed by atoms with van der Waals surface area (Å²) in [4.78, 5) is 12.0. The second-order valence-corrected chi connectivity index (χ2v) is 5.45. The van der Waals surface area contributed by atoms with Crippen molar-refractivity contribution in [2.45, 2.75) is 26.2 Å². The lowest BCUT2D eigenvalue weighted by molar-refractivity contribution is 0.0944. The van der Waals surface area contributed by atoms with E-state index in [1.165, 1.54) is 37.5 Å². The van der Waals surface area contributed by atoms with Crippen LogP contribution in [0.15, 0.2) is 18.2 Å². The van der Waals surface area contributed by atoms with Gasteiger partial charge in [-0.15, -0.1) is 0 Å². The van der Waals surface area contributed by atoms with Crippen LogP contribution in [0, 0.1) is 11.8 Å². The lowest BCUT2D eigenvalue weighted by Gasteiger charge is -2.16. The fraction of sp³-hybridized carbons (Fsp3) is 0.500. The van der Waals surface area contributed by atoms with E-state index in [9.17, 15) is 9.90 Å². The van der Waals surface area contributed by atoms with Crippen LogP contribution in [0.1, 0.15) is 36.5 Å². The highest BCUT2D eigenvalue weighted by Gasteiger charge is 2.24. The molecular weight excluding hydrogens is 250 g/mol. The van der Waals surface area contributed by atoms with E-state index in [-0.39, 0.29) is 11.7 Å². The molecule has 0 spiro atoms. The molecule has 0 radical (unpaired) electrons. The van der Waals surface area contributed by atoms with Crippen LogP contribution in [0.2, 0.25) is 5.02 Å². The summed E-state index contributed by atoms with van der Waals surface area (Å²) in [5.74, 6) is 1.07. The predicted molar refractivity (Wildman–Crippen MR) is 72.0 cm³/mol. The van der Waals surface area contributed by atoms with Gasteiger partial charge in [0, 0.05) is 6.54 Å². The zero-order valence-corrected chi connectivity index (χ0v) is 11.2. The van der Waals surface area contributed by atoms with Crippen LogP contribution in [0.3, 0.4) is 0 Å². The summed E-state index contributed by atoms with van der Waals surface area (Å²) in [5.41, 5.74) is 0.335. The second kappa shape index (κ2) is 5.61. The van der Waals surface area contributed by atoms with Crippen LogP contribution in [0.5, 0.6) is 5.75 Å². The molecule has 0 bridgehead atoms. The number of halogens is 1. The largest absolute Gasteiger partial charge is 0.508 e. The minimum absolute atomic E-state index is 0.0544. The Labute approximate surface area is 112 Å². The van der Waals surface area contributed by atoms with E-state index in [4.69, 9.17) is 11.6 Å². The van der Waals surface area contributed by atoms with Gasteiger partial charge in [-0.1, -0.05) is 31.4 Å². The Morgan fingerprint density at radius 1 is 1.50 bits per heavy atom. The van der Waals surface area contributed by atoms with Gasteiger partial charge in [0.25, 0.3) is 5.91 Å². The molecule has 18 heavy (non-hydrogen) atoms. The van der Waals surface area contributed by atoms with Crippen molar-refractivity contribution in [2.24, 2.45) is 11.8 Å². The van der Waals surface area contributed by atoms with E-state index in [1.807, 2.05) is 0 Å². The predicted octanol–water partition coefficient (Wildman–Crippen LogP) is 3.21. The summed E-state index contributed by atoms with van der Waals surface area (Å²) in [7, 11) is 0. The van der Waals surface area contributed by atoms with E-state index in [0.29, 0.717) is 29.0 Å². The molecule has 4 heteroatoms. The monoisotopic (exact) mass is 267 g/mol. The zero-order valence-electron chi connectivity index (χ0n) is 10.4. The van der Waals surface area contributed by atoms with E-state index >= 15 is 0 Å². The fourth-order valence-corrected chi connectivity index (χ4v) is 2.74. The maximum Gasteiger partial charge on any atom is 0.252 e. The quantitative estimate of drug-likeness (QED) is 0.883. The number of carbonyl (C=O) groups is 1. The number of hydrogen-bond acceptors (Lipinski definition) is 2. The number of benzene rings is 1. The van der Waals surface area contributed by atoms with Crippen LogP contribution in [0.4, 0.5) is 0 Å². The topological polar surface area (TPSA) is 49.3 Å². The summed E-state index contributed by atoms with van der Waals surface area (Å²) >= 11 is 5.94. The van der Waals surface area contributed by atoms with Crippen molar-refractivity contribution in [2.75, 3.05) is 6.54 Å². The van der Waals surface area contributed by atoms with Gasteiger partial charge < -0.3 is 10.4 Å². The van der Waals surface area contributed by atoms with Crippen molar-refractivity contribution in [3.05, 3.63) is 28.8 Å². The molecule has 1 saturated carbocycles. The Morgan fingerprint density at radius 3 is 2.94 bits per heavy atom. The van der Waals surface area contributed by atoms with Crippen LogP contribution < -0.4 is 5.32 Å². The number of phenolic OH excluding ortho intramolecular Hbond substituents is 1. The number of phenols is 1. The summed E-state index contributed by atoms with van der Waals surface area (Å²) < 4.78 is 0. The standard InChI is InChI=1S/C14H18ClNO2/c1-9-3-2-4-10(9)8-16-14(18)12-7-11(17)5-6-13(12)15/h5-7,9-10,17H,2-4,8H2,1H3,(H,16,18). The molecule has 0 aromatic heterocycles. The normalized spacial score (nSPS) is 23.0. The Morgan fingerprint density at radius 2 is 2.28 bits per heavy atom. The van der Waals surface area contributed by atoms with Gasteiger partial charge in [0.15, 0.2) is 0 Å². The summed E-state index contributed by atoms with van der Waals surface area (Å²) in [6.07, 6.45) is 3.66. The first-order valence-corrected chi connectivity index (χ1v) is 6.72. The summed E-state index contributed by atoms with van der Waals surface area (Å²) in [5, 5.41) is 12.6. The highest BCUT2D eigenvalue weighted by Crippen LogP contribution is 2.30. The highest BCUT2D eigenvalue weighted by atomic mass is 35.5. The average molecular weight is 268 g/mol. The molecule has 2 N–H and O–H groups in total. The number of aromatic hydroxyl groups is 1. The molecule has 1 aromatic carbocycles. The summed E-state index contributed by atoms with van der Waals surface area (Å²) in [6.45, 7) is 2.91. The Balaban J connectivity index is 1.97. The van der Waals surface area contributed by atoms with Gasteiger partial charge in [-0.05, 0) is 36.5 Å². The fourth-order valence-electron chi connectivity index (χ4n) is 2.53. The number of rotatable bonds is 3. The van der Waals surface area contributed by atoms with Gasteiger partial charge in [0.1, 0.15) is 5.75 Å². The van der Waals surface area contributed by atoms with Gasteiger partial charge in [0.2, 0.25) is 0 Å². The third-order valence-electron chi connectivity index (χ3n) is 3.76. The lowest BCUT2D eigenvalue weighted by atomic mass is 9.98. The molecule has 0 aliphatic heterocycles. The zero-order chi connectivity index (χ0) is 13.1. The smallest absolute Gasteiger partial charge is 0.252 e. The van der Waals surface area contributed by atoms with E-state index in [2.05, 4.69) is 12.2 Å². The minimum atomic E-state index is -0.213. The van der Waals surface area contributed by atoms with Gasteiger partial charge in [-0.2, -0.15) is 0 Å². The van der Waals surface area contributed by atoms with Gasteiger partial charge in [-0.25, -0.2) is 0 Å². The highest BCUT2D eigenvalue weighted by molar-refractivity contribution is 6.33. The molecule has 1 aromatic rings. The van der Waals surface area contributed by atoms with Crippen LogP contribution in [-0.4, -0.2) is 17.6 Å². The van der Waals surface area contributed by atoms with Crippen molar-refractivity contribution in [3.8, 4) is 5.75 Å². The molecule has 1 aliphatic rings. The van der Waals surface area contributed by atoms with Crippen molar-refractivity contribution < 1.29 is 9.90 Å². The number of carbonyl (C=O) groups excluding carboxylic acids is 1. The molecule has 1 fully saturated rings. The maximum atomic E-state index is 12.0. The van der Waals surface area contributed by atoms with Crippen molar-refractivity contribution in [3.63, 3.8) is 0 Å². The van der Waals surface area contributed by atoms with Crippen molar-refractivity contribution >= 4 is 17.5 Å². The number of hydrogen-bond donors (Lipinski definition) is 2. The molecule has 0 saturated heterocycles. The van der Waals surface area contributed by atoms with Crippen LogP contribution in [0.25, 0.3) is 0 Å². The van der Waals surface area contributed by atoms with Crippen molar-refractivity contribution in [1.29, 1.82) is 0 Å². The third kappa shape index (κ3) is 2.96. The van der Waals surface area contributed by atoms with Crippen LogP contribution >= 0.6 is 11.6 Å². The van der Waals surface area contributed by atoms with E-state index in [1.54, 1.807) is 0 Å². The Kier molecular flexibility index (Phi) is 4.12. The first-order chi connectivity index (χ1) is 8.58. The average Bonchev–Trinajstić information content (AvgIpc) is 2.75. The van der Waals surface area contributed by atoms with E-state index < -0.39 is 0 Å². The second-order valence-electron chi connectivity index (χ2n) is 5.04. The van der Waals surface area contributed by atoms with Gasteiger partial charge >= 0.3 is 0 Å². The Hall–Kier alpha value is -1.22.